The molecule has 0 aromatic heterocycles. The van der Waals surface area contributed by atoms with Crippen LogP contribution in [0.25, 0.3) is 0 Å². The molecule has 0 bridgehead atoms. The maximum atomic E-state index is 11.5. The summed E-state index contributed by atoms with van der Waals surface area (Å²) in [5.41, 5.74) is 2.06. The number of imide groups is 1. The molecule has 1 heterocycles. The van der Waals surface area contributed by atoms with Gasteiger partial charge in [-0.05, 0) is 26.3 Å². The van der Waals surface area contributed by atoms with E-state index in [1.54, 1.807) is 26.8 Å². The molecule has 1 aliphatic rings. The van der Waals surface area contributed by atoms with Gasteiger partial charge in [0, 0.05) is 18.2 Å². The first-order chi connectivity index (χ1) is 6.00. The Morgan fingerprint density at radius 1 is 1.08 bits per heavy atom. The number of hydrogen-bond donors (Lipinski definition) is 0. The fourth-order valence-corrected chi connectivity index (χ4v) is 1.39. The van der Waals surface area contributed by atoms with E-state index in [1.165, 1.54) is 7.05 Å². The Kier molecular flexibility index (Phi) is 2.36. The molecule has 0 aromatic rings. The molecule has 3 nitrogen and oxygen atoms in total. The number of likely N-dealkylation sites (N-methyl/N-ethyl adjacent to an activating group) is 1. The highest BCUT2D eigenvalue weighted by Gasteiger charge is 2.29. The number of hydrogen-bond acceptors (Lipinski definition) is 2. The summed E-state index contributed by atoms with van der Waals surface area (Å²) in [5.74, 6) is -0.413. The standard InChI is InChI=1S/C10H13NO2/c1-5-8-6(2)7(3)9(12)11(4)10(8)13/h5H,1-4H3/b8-5+. The summed E-state index contributed by atoms with van der Waals surface area (Å²) in [7, 11) is 1.50. The van der Waals surface area contributed by atoms with Crippen LogP contribution in [0, 0.1) is 0 Å². The third-order valence-electron chi connectivity index (χ3n) is 2.42. The topological polar surface area (TPSA) is 37.4 Å². The van der Waals surface area contributed by atoms with Gasteiger partial charge in [0.05, 0.1) is 0 Å². The molecule has 1 aliphatic heterocycles. The Morgan fingerprint density at radius 2 is 1.62 bits per heavy atom. The summed E-state index contributed by atoms with van der Waals surface area (Å²) in [6, 6.07) is 0. The van der Waals surface area contributed by atoms with Crippen molar-refractivity contribution < 1.29 is 9.59 Å². The van der Waals surface area contributed by atoms with Crippen molar-refractivity contribution in [1.82, 2.24) is 4.90 Å². The van der Waals surface area contributed by atoms with Crippen molar-refractivity contribution in [1.29, 1.82) is 0 Å². The number of allylic oxidation sites excluding steroid dienone is 1. The minimum atomic E-state index is -0.212. The van der Waals surface area contributed by atoms with E-state index in [4.69, 9.17) is 0 Å². The molecular formula is C10H13NO2. The summed E-state index contributed by atoms with van der Waals surface area (Å²) >= 11 is 0. The number of nitrogens with zero attached hydrogens (tertiary/aromatic N) is 1. The van der Waals surface area contributed by atoms with Crippen molar-refractivity contribution in [2.45, 2.75) is 20.8 Å². The van der Waals surface area contributed by atoms with E-state index in [1.807, 2.05) is 0 Å². The molecule has 1 rings (SSSR count). The van der Waals surface area contributed by atoms with Crippen LogP contribution in [0.3, 0.4) is 0 Å². The molecule has 0 atom stereocenters. The maximum absolute atomic E-state index is 11.5. The predicted molar refractivity (Wildman–Crippen MR) is 49.9 cm³/mol. The van der Waals surface area contributed by atoms with Gasteiger partial charge in [-0.3, -0.25) is 14.5 Å². The largest absolute Gasteiger partial charge is 0.278 e. The molecule has 0 aromatic carbocycles. The number of amides is 2. The Balaban J connectivity index is 3.33. The van der Waals surface area contributed by atoms with Gasteiger partial charge in [-0.1, -0.05) is 6.08 Å². The van der Waals surface area contributed by atoms with Gasteiger partial charge in [-0.15, -0.1) is 0 Å². The van der Waals surface area contributed by atoms with Crippen molar-refractivity contribution in [3.05, 3.63) is 22.8 Å². The zero-order valence-electron chi connectivity index (χ0n) is 8.34. The number of carbonyl (C=O) groups excluding carboxylic acids is 2. The van der Waals surface area contributed by atoms with E-state index in [2.05, 4.69) is 0 Å². The molecule has 0 spiro atoms. The highest BCUT2D eigenvalue weighted by atomic mass is 16.2. The highest BCUT2D eigenvalue weighted by molar-refractivity contribution is 6.15. The molecular weight excluding hydrogens is 166 g/mol. The van der Waals surface area contributed by atoms with Gasteiger partial charge < -0.3 is 0 Å². The summed E-state index contributed by atoms with van der Waals surface area (Å²) in [6.07, 6.45) is 1.74. The van der Waals surface area contributed by atoms with Crippen LogP contribution in [0.5, 0.6) is 0 Å². The highest BCUT2D eigenvalue weighted by Crippen LogP contribution is 2.23. The summed E-state index contributed by atoms with van der Waals surface area (Å²) < 4.78 is 0. The van der Waals surface area contributed by atoms with Crippen molar-refractivity contribution in [3.63, 3.8) is 0 Å². The zero-order chi connectivity index (χ0) is 10.2. The van der Waals surface area contributed by atoms with E-state index < -0.39 is 0 Å². The smallest absolute Gasteiger partial charge is 0.260 e. The Bertz CT molecular complexity index is 337. The first kappa shape index (κ1) is 9.71. The molecule has 13 heavy (non-hydrogen) atoms. The Labute approximate surface area is 77.7 Å². The predicted octanol–water partition coefficient (Wildman–Crippen LogP) is 1.27. The van der Waals surface area contributed by atoms with Gasteiger partial charge in [-0.2, -0.15) is 0 Å². The molecule has 0 saturated heterocycles. The average Bonchev–Trinajstić information content (AvgIpc) is 2.13. The van der Waals surface area contributed by atoms with Crippen LogP contribution >= 0.6 is 0 Å². The lowest BCUT2D eigenvalue weighted by Gasteiger charge is -2.24. The van der Waals surface area contributed by atoms with Crippen molar-refractivity contribution in [2.24, 2.45) is 0 Å². The summed E-state index contributed by atoms with van der Waals surface area (Å²) in [4.78, 5) is 24.1. The van der Waals surface area contributed by atoms with Gasteiger partial charge in [-0.25, -0.2) is 0 Å². The SMILES string of the molecule is C/C=C1/C(=O)N(C)C(=O)C(C)=C1C. The second-order valence-electron chi connectivity index (χ2n) is 3.12. The van der Waals surface area contributed by atoms with Crippen LogP contribution in [-0.2, 0) is 9.59 Å². The lowest BCUT2D eigenvalue weighted by Crippen LogP contribution is -2.39. The molecule has 0 aliphatic carbocycles. The lowest BCUT2D eigenvalue weighted by molar-refractivity contribution is -0.139. The molecule has 3 heteroatoms. The minimum Gasteiger partial charge on any atom is -0.278 e. The summed E-state index contributed by atoms with van der Waals surface area (Å²) in [5, 5.41) is 0. The fraction of sp³-hybridized carbons (Fsp3) is 0.400. The minimum absolute atomic E-state index is 0.201. The molecule has 70 valence electrons. The molecule has 0 fully saturated rings. The Morgan fingerprint density at radius 3 is 2.08 bits per heavy atom. The van der Waals surface area contributed by atoms with Crippen LogP contribution in [-0.4, -0.2) is 23.8 Å². The van der Waals surface area contributed by atoms with Crippen molar-refractivity contribution in [3.8, 4) is 0 Å². The maximum Gasteiger partial charge on any atom is 0.260 e. The van der Waals surface area contributed by atoms with E-state index in [0.717, 1.165) is 10.5 Å². The molecule has 0 N–H and O–H groups in total. The molecule has 0 radical (unpaired) electrons. The van der Waals surface area contributed by atoms with Gasteiger partial charge in [0.25, 0.3) is 11.8 Å². The van der Waals surface area contributed by atoms with Crippen molar-refractivity contribution >= 4 is 11.8 Å². The lowest BCUT2D eigenvalue weighted by atomic mass is 9.96. The first-order valence-electron chi connectivity index (χ1n) is 4.17. The summed E-state index contributed by atoms with van der Waals surface area (Å²) in [6.45, 7) is 5.34. The van der Waals surface area contributed by atoms with Crippen LogP contribution < -0.4 is 0 Å². The molecule has 0 unspecified atom stereocenters. The molecule has 2 amide bonds. The van der Waals surface area contributed by atoms with Crippen LogP contribution in [0.15, 0.2) is 22.8 Å². The second kappa shape index (κ2) is 3.17. The quantitative estimate of drug-likeness (QED) is 0.415. The average molecular weight is 179 g/mol. The molecule has 0 saturated carbocycles. The van der Waals surface area contributed by atoms with E-state index in [0.29, 0.717) is 11.1 Å². The van der Waals surface area contributed by atoms with Gasteiger partial charge in [0.15, 0.2) is 0 Å². The normalized spacial score (nSPS) is 21.8. The zero-order valence-corrected chi connectivity index (χ0v) is 8.34. The fourth-order valence-electron chi connectivity index (χ4n) is 1.39. The third-order valence-corrected chi connectivity index (χ3v) is 2.42. The monoisotopic (exact) mass is 179 g/mol. The number of rotatable bonds is 0. The van der Waals surface area contributed by atoms with Crippen LogP contribution in [0.4, 0.5) is 0 Å². The van der Waals surface area contributed by atoms with E-state index in [-0.39, 0.29) is 11.8 Å². The Hall–Kier alpha value is -1.38. The number of carbonyl (C=O) groups is 2. The first-order valence-corrected chi connectivity index (χ1v) is 4.17. The van der Waals surface area contributed by atoms with E-state index in [9.17, 15) is 9.59 Å². The van der Waals surface area contributed by atoms with Crippen LogP contribution in [0.2, 0.25) is 0 Å². The van der Waals surface area contributed by atoms with Gasteiger partial charge in [0.1, 0.15) is 0 Å². The van der Waals surface area contributed by atoms with Crippen LogP contribution in [0.1, 0.15) is 20.8 Å². The third kappa shape index (κ3) is 1.30. The van der Waals surface area contributed by atoms with Crippen molar-refractivity contribution in [2.75, 3.05) is 7.05 Å². The second-order valence-corrected chi connectivity index (χ2v) is 3.12. The van der Waals surface area contributed by atoms with E-state index >= 15 is 0 Å². The van der Waals surface area contributed by atoms with Gasteiger partial charge in [0.2, 0.25) is 0 Å². The van der Waals surface area contributed by atoms with Gasteiger partial charge >= 0.3 is 0 Å².